The summed E-state index contributed by atoms with van der Waals surface area (Å²) < 4.78 is 14.6. The Balaban J connectivity index is 1.69. The number of rotatable bonds is 6. The predicted molar refractivity (Wildman–Crippen MR) is 104 cm³/mol. The minimum Gasteiger partial charge on any atom is -0.325 e. The molecule has 1 atom stereocenters. The molecular weight excluding hydrogens is 365 g/mol. The Kier molecular flexibility index (Phi) is 5.85. The zero-order chi connectivity index (χ0) is 19.4. The minimum absolute atomic E-state index is 0.212. The Labute approximate surface area is 161 Å². The summed E-state index contributed by atoms with van der Waals surface area (Å²) in [7, 11) is 0. The van der Waals surface area contributed by atoms with Gasteiger partial charge in [0.05, 0.1) is 10.9 Å². The molecule has 0 aliphatic rings. The number of amides is 1. The second-order valence-corrected chi connectivity index (χ2v) is 7.68. The predicted octanol–water partition coefficient (Wildman–Crippen LogP) is 4.04. The maximum atomic E-state index is 13.0. The lowest BCUT2D eigenvalue weighted by Gasteiger charge is -2.12. The van der Waals surface area contributed by atoms with Crippen molar-refractivity contribution >= 4 is 23.4 Å². The van der Waals surface area contributed by atoms with Gasteiger partial charge < -0.3 is 5.32 Å². The molecule has 0 radical (unpaired) electrons. The molecule has 0 aliphatic heterocycles. The number of benzene rings is 2. The van der Waals surface area contributed by atoms with Gasteiger partial charge in [0.15, 0.2) is 0 Å². The van der Waals surface area contributed by atoms with E-state index in [2.05, 4.69) is 34.7 Å². The molecule has 0 saturated heterocycles. The first-order valence-corrected chi connectivity index (χ1v) is 9.44. The highest BCUT2D eigenvalue weighted by Gasteiger charge is 2.19. The highest BCUT2D eigenvalue weighted by Crippen LogP contribution is 2.25. The van der Waals surface area contributed by atoms with Gasteiger partial charge in [0.25, 0.3) is 0 Å². The van der Waals surface area contributed by atoms with E-state index in [0.29, 0.717) is 16.8 Å². The smallest absolute Gasteiger partial charge is 0.237 e. The first-order valence-electron chi connectivity index (χ1n) is 8.56. The van der Waals surface area contributed by atoms with Gasteiger partial charge in [-0.3, -0.25) is 4.79 Å². The van der Waals surface area contributed by atoms with Gasteiger partial charge in [0, 0.05) is 5.69 Å². The topological polar surface area (TPSA) is 72.7 Å². The average Bonchev–Trinajstić information content (AvgIpc) is 3.11. The molecule has 0 aliphatic carbocycles. The van der Waals surface area contributed by atoms with Crippen molar-refractivity contribution in [2.45, 2.75) is 37.1 Å². The minimum atomic E-state index is -0.435. The van der Waals surface area contributed by atoms with Crippen molar-refractivity contribution in [3.8, 4) is 5.69 Å². The van der Waals surface area contributed by atoms with Crippen molar-refractivity contribution in [3.05, 3.63) is 59.9 Å². The molecule has 27 heavy (non-hydrogen) atoms. The van der Waals surface area contributed by atoms with Crippen molar-refractivity contribution in [1.82, 2.24) is 20.2 Å². The molecule has 1 aromatic heterocycles. The van der Waals surface area contributed by atoms with Gasteiger partial charge in [-0.25, -0.2) is 4.39 Å². The molecule has 0 unspecified atom stereocenters. The molecule has 0 saturated carbocycles. The lowest BCUT2D eigenvalue weighted by atomic mass is 10.0. The fourth-order valence-electron chi connectivity index (χ4n) is 2.40. The second kappa shape index (κ2) is 8.30. The van der Waals surface area contributed by atoms with Gasteiger partial charge in [-0.2, -0.15) is 4.68 Å². The van der Waals surface area contributed by atoms with Crippen molar-refractivity contribution < 1.29 is 9.18 Å². The molecule has 3 rings (SSSR count). The fourth-order valence-corrected chi connectivity index (χ4v) is 3.21. The van der Waals surface area contributed by atoms with E-state index in [-0.39, 0.29) is 11.7 Å². The van der Waals surface area contributed by atoms with Crippen LogP contribution in [0.1, 0.15) is 32.3 Å². The highest BCUT2D eigenvalue weighted by molar-refractivity contribution is 8.00. The molecule has 140 valence electrons. The van der Waals surface area contributed by atoms with Crippen molar-refractivity contribution in [2.24, 2.45) is 0 Å². The van der Waals surface area contributed by atoms with E-state index in [4.69, 9.17) is 0 Å². The van der Waals surface area contributed by atoms with Crippen LogP contribution in [0.2, 0.25) is 0 Å². The second-order valence-electron chi connectivity index (χ2n) is 6.38. The first kappa shape index (κ1) is 19.0. The summed E-state index contributed by atoms with van der Waals surface area (Å²) in [6.07, 6.45) is 0. The van der Waals surface area contributed by atoms with Gasteiger partial charge in [0.2, 0.25) is 11.1 Å². The quantitative estimate of drug-likeness (QED) is 0.648. The van der Waals surface area contributed by atoms with Gasteiger partial charge >= 0.3 is 0 Å². The highest BCUT2D eigenvalue weighted by atomic mass is 32.2. The Morgan fingerprint density at radius 2 is 1.74 bits per heavy atom. The largest absolute Gasteiger partial charge is 0.325 e. The van der Waals surface area contributed by atoms with Gasteiger partial charge in [0.1, 0.15) is 5.82 Å². The molecule has 1 N–H and O–H groups in total. The molecule has 3 aromatic rings. The molecule has 6 nitrogen and oxygen atoms in total. The number of nitrogens with one attached hydrogen (secondary N) is 1. The zero-order valence-electron chi connectivity index (χ0n) is 15.3. The van der Waals surface area contributed by atoms with Crippen LogP contribution in [-0.2, 0) is 4.79 Å². The molecule has 2 aromatic carbocycles. The number of hydrogen-bond acceptors (Lipinski definition) is 5. The summed E-state index contributed by atoms with van der Waals surface area (Å²) >= 11 is 1.25. The van der Waals surface area contributed by atoms with Crippen LogP contribution in [0.4, 0.5) is 10.1 Å². The van der Waals surface area contributed by atoms with Crippen LogP contribution < -0.4 is 5.32 Å². The monoisotopic (exact) mass is 385 g/mol. The molecule has 1 amide bonds. The van der Waals surface area contributed by atoms with E-state index in [9.17, 15) is 9.18 Å². The SMILES string of the molecule is CC(C)c1ccc(-n2nnnc2S[C@H](C)C(=O)Nc2ccc(F)cc2)cc1. The Bertz CT molecular complexity index is 909. The molecule has 1 heterocycles. The van der Waals surface area contributed by atoms with E-state index >= 15 is 0 Å². The first-order chi connectivity index (χ1) is 12.9. The Morgan fingerprint density at radius 3 is 2.37 bits per heavy atom. The van der Waals surface area contributed by atoms with Gasteiger partial charge in [-0.1, -0.05) is 37.7 Å². The molecule has 0 bridgehead atoms. The Hall–Kier alpha value is -2.74. The summed E-state index contributed by atoms with van der Waals surface area (Å²) in [5.74, 6) is -0.119. The van der Waals surface area contributed by atoms with Crippen LogP contribution in [0, 0.1) is 5.82 Å². The number of tetrazole rings is 1. The lowest BCUT2D eigenvalue weighted by molar-refractivity contribution is -0.115. The number of carbonyl (C=O) groups is 1. The lowest BCUT2D eigenvalue weighted by Crippen LogP contribution is -2.22. The molecule has 8 heteroatoms. The van der Waals surface area contributed by atoms with Crippen LogP contribution >= 0.6 is 11.8 Å². The fraction of sp³-hybridized carbons (Fsp3) is 0.263. The van der Waals surface area contributed by atoms with Crippen molar-refractivity contribution in [2.75, 3.05) is 5.32 Å². The van der Waals surface area contributed by atoms with Crippen molar-refractivity contribution in [1.29, 1.82) is 0 Å². The summed E-state index contributed by atoms with van der Waals surface area (Å²) in [6.45, 7) is 6.04. The van der Waals surface area contributed by atoms with Crippen LogP contribution in [0.15, 0.2) is 53.7 Å². The third-order valence-corrected chi connectivity index (χ3v) is 5.04. The van der Waals surface area contributed by atoms with Gasteiger partial charge in [-0.15, -0.1) is 5.10 Å². The van der Waals surface area contributed by atoms with E-state index in [1.54, 1.807) is 11.6 Å². The van der Waals surface area contributed by atoms with Crippen LogP contribution in [0.25, 0.3) is 5.69 Å². The van der Waals surface area contributed by atoms with Crippen LogP contribution in [0.3, 0.4) is 0 Å². The average molecular weight is 385 g/mol. The maximum Gasteiger partial charge on any atom is 0.237 e. The number of aromatic nitrogens is 4. The number of nitrogens with zero attached hydrogens (tertiary/aromatic N) is 4. The van der Waals surface area contributed by atoms with Gasteiger partial charge in [-0.05, 0) is 65.2 Å². The van der Waals surface area contributed by atoms with E-state index in [1.165, 1.54) is 41.6 Å². The van der Waals surface area contributed by atoms with E-state index in [1.807, 2.05) is 24.3 Å². The van der Waals surface area contributed by atoms with E-state index < -0.39 is 5.25 Å². The summed E-state index contributed by atoms with van der Waals surface area (Å²) in [5.41, 5.74) is 2.60. The van der Waals surface area contributed by atoms with Crippen molar-refractivity contribution in [3.63, 3.8) is 0 Å². The van der Waals surface area contributed by atoms with Crippen LogP contribution in [0.5, 0.6) is 0 Å². The molecule has 0 fully saturated rings. The third kappa shape index (κ3) is 4.71. The maximum absolute atomic E-state index is 13.0. The third-order valence-electron chi connectivity index (χ3n) is 4.01. The zero-order valence-corrected chi connectivity index (χ0v) is 16.1. The number of hydrogen-bond donors (Lipinski definition) is 1. The van der Waals surface area contributed by atoms with E-state index in [0.717, 1.165) is 5.69 Å². The standard InChI is InChI=1S/C19H20FN5OS/c1-12(2)14-4-10-17(11-5-14)25-19(22-23-24-25)27-13(3)18(26)21-16-8-6-15(20)7-9-16/h4-13H,1-3H3,(H,21,26)/t13-/m1/s1. The number of halogens is 1. The number of anilines is 1. The summed E-state index contributed by atoms with van der Waals surface area (Å²) in [4.78, 5) is 12.4. The molecular formula is C19H20FN5OS. The van der Waals surface area contributed by atoms with Crippen LogP contribution in [-0.4, -0.2) is 31.4 Å². The number of carbonyl (C=O) groups excluding carboxylic acids is 1. The number of thioether (sulfide) groups is 1. The summed E-state index contributed by atoms with van der Waals surface area (Å²) in [6, 6.07) is 13.6. The Morgan fingerprint density at radius 1 is 1.07 bits per heavy atom. The molecule has 0 spiro atoms. The summed E-state index contributed by atoms with van der Waals surface area (Å²) in [5, 5.41) is 14.6. The normalized spacial score (nSPS) is 12.2.